The number of amides is 1. The van der Waals surface area contributed by atoms with Crippen molar-refractivity contribution in [1.82, 2.24) is 14.9 Å². The lowest BCUT2D eigenvalue weighted by Crippen LogP contribution is -2.38. The number of aryl methyl sites for hydroxylation is 2. The van der Waals surface area contributed by atoms with Gasteiger partial charge in [0.05, 0.1) is 19.6 Å². The number of hydrogen-bond donors (Lipinski definition) is 1. The Balaban J connectivity index is 1.65. The topological polar surface area (TPSA) is 65.4 Å². The molecule has 0 aliphatic carbocycles. The van der Waals surface area contributed by atoms with Crippen molar-refractivity contribution < 1.29 is 14.3 Å². The average Bonchev–Trinajstić information content (AvgIpc) is 3.17. The first-order valence-corrected chi connectivity index (χ1v) is 8.10. The van der Waals surface area contributed by atoms with Crippen LogP contribution in [0.3, 0.4) is 0 Å². The third kappa shape index (κ3) is 3.43. The molecule has 1 aromatic carbocycles. The van der Waals surface area contributed by atoms with Crippen molar-refractivity contribution in [1.29, 1.82) is 0 Å². The molecule has 3 rings (SSSR count). The van der Waals surface area contributed by atoms with Gasteiger partial charge in [-0.05, 0) is 30.5 Å². The van der Waals surface area contributed by atoms with Gasteiger partial charge in [0.2, 0.25) is 5.91 Å². The number of benzene rings is 1. The molecule has 1 aliphatic heterocycles. The van der Waals surface area contributed by atoms with Crippen LogP contribution in [0.4, 0.5) is 0 Å². The summed E-state index contributed by atoms with van der Waals surface area (Å²) in [5.41, 5.74) is 1.99. The highest BCUT2D eigenvalue weighted by molar-refractivity contribution is 5.79. The van der Waals surface area contributed by atoms with E-state index in [1.54, 1.807) is 13.3 Å². The van der Waals surface area contributed by atoms with Crippen molar-refractivity contribution in [2.45, 2.75) is 31.9 Å². The summed E-state index contributed by atoms with van der Waals surface area (Å²) in [6.45, 7) is 2.61. The standard InChI is InChI=1S/C18H23N3O3/c1-12-4-5-13(10-15(12)23-3)11-16(22)20-14-6-9-24-17(14)18-19-7-8-21(18)2/h4-5,7-8,10,14,17H,6,9,11H2,1-3H3,(H,20,22)/t14-,17-/m0/s1. The van der Waals surface area contributed by atoms with Gasteiger partial charge < -0.3 is 19.4 Å². The highest BCUT2D eigenvalue weighted by Gasteiger charge is 2.33. The van der Waals surface area contributed by atoms with Gasteiger partial charge in [0.1, 0.15) is 17.7 Å². The maximum absolute atomic E-state index is 12.4. The molecule has 2 aromatic rings. The molecule has 2 heterocycles. The van der Waals surface area contributed by atoms with Crippen molar-refractivity contribution in [3.63, 3.8) is 0 Å². The molecular weight excluding hydrogens is 306 g/mol. The zero-order valence-electron chi connectivity index (χ0n) is 14.3. The summed E-state index contributed by atoms with van der Waals surface area (Å²) in [6.07, 6.45) is 4.55. The van der Waals surface area contributed by atoms with Crippen LogP contribution < -0.4 is 10.1 Å². The van der Waals surface area contributed by atoms with Crippen LogP contribution in [0.5, 0.6) is 5.75 Å². The molecule has 0 bridgehead atoms. The maximum Gasteiger partial charge on any atom is 0.224 e. The van der Waals surface area contributed by atoms with Crippen molar-refractivity contribution >= 4 is 5.91 Å². The summed E-state index contributed by atoms with van der Waals surface area (Å²) >= 11 is 0. The summed E-state index contributed by atoms with van der Waals surface area (Å²) in [5, 5.41) is 3.09. The highest BCUT2D eigenvalue weighted by Crippen LogP contribution is 2.28. The molecule has 128 valence electrons. The number of nitrogens with one attached hydrogen (secondary N) is 1. The van der Waals surface area contributed by atoms with Gasteiger partial charge in [-0.2, -0.15) is 0 Å². The zero-order valence-corrected chi connectivity index (χ0v) is 14.3. The number of carbonyl (C=O) groups excluding carboxylic acids is 1. The van der Waals surface area contributed by atoms with Gasteiger partial charge in [-0.3, -0.25) is 4.79 Å². The quantitative estimate of drug-likeness (QED) is 0.910. The maximum atomic E-state index is 12.4. The molecule has 24 heavy (non-hydrogen) atoms. The van der Waals surface area contributed by atoms with E-state index in [9.17, 15) is 4.79 Å². The van der Waals surface area contributed by atoms with Gasteiger partial charge in [0, 0.05) is 26.0 Å². The SMILES string of the molecule is COc1cc(CC(=O)N[C@H]2CCO[C@@H]2c2nccn2C)ccc1C. The molecule has 0 spiro atoms. The lowest BCUT2D eigenvalue weighted by Gasteiger charge is -2.19. The van der Waals surface area contributed by atoms with E-state index >= 15 is 0 Å². The first-order chi connectivity index (χ1) is 11.6. The predicted molar refractivity (Wildman–Crippen MR) is 89.9 cm³/mol. The average molecular weight is 329 g/mol. The number of methoxy groups -OCH3 is 1. The van der Waals surface area contributed by atoms with Gasteiger partial charge in [0.15, 0.2) is 0 Å². The normalized spacial score (nSPS) is 20.1. The minimum atomic E-state index is -0.193. The lowest BCUT2D eigenvalue weighted by molar-refractivity contribution is -0.121. The monoisotopic (exact) mass is 329 g/mol. The van der Waals surface area contributed by atoms with E-state index < -0.39 is 0 Å². The summed E-state index contributed by atoms with van der Waals surface area (Å²) in [4.78, 5) is 16.8. The molecule has 2 atom stereocenters. The van der Waals surface area contributed by atoms with Gasteiger partial charge >= 0.3 is 0 Å². The predicted octanol–water partition coefficient (Wildman–Crippen LogP) is 1.93. The number of ether oxygens (including phenoxy) is 2. The van der Waals surface area contributed by atoms with Crippen LogP contribution in [-0.2, 0) is 23.0 Å². The second-order valence-corrected chi connectivity index (χ2v) is 6.13. The second kappa shape index (κ2) is 7.05. The van der Waals surface area contributed by atoms with Crippen LogP contribution >= 0.6 is 0 Å². The van der Waals surface area contributed by atoms with Crippen molar-refractivity contribution in [3.05, 3.63) is 47.5 Å². The van der Waals surface area contributed by atoms with E-state index in [2.05, 4.69) is 10.3 Å². The van der Waals surface area contributed by atoms with E-state index in [1.165, 1.54) is 0 Å². The Morgan fingerprint density at radius 2 is 2.33 bits per heavy atom. The van der Waals surface area contributed by atoms with Crippen LogP contribution in [0.2, 0.25) is 0 Å². The molecule has 0 radical (unpaired) electrons. The van der Waals surface area contributed by atoms with Crippen molar-refractivity contribution in [2.75, 3.05) is 13.7 Å². The summed E-state index contributed by atoms with van der Waals surface area (Å²) < 4.78 is 13.0. The van der Waals surface area contributed by atoms with E-state index in [4.69, 9.17) is 9.47 Å². The fraction of sp³-hybridized carbons (Fsp3) is 0.444. The number of carbonyl (C=O) groups is 1. The summed E-state index contributed by atoms with van der Waals surface area (Å²) in [6, 6.07) is 5.79. The van der Waals surface area contributed by atoms with Crippen LogP contribution in [0.15, 0.2) is 30.6 Å². The molecule has 1 saturated heterocycles. The van der Waals surface area contributed by atoms with E-state index in [1.807, 2.05) is 42.9 Å². The lowest BCUT2D eigenvalue weighted by atomic mass is 10.1. The van der Waals surface area contributed by atoms with E-state index in [0.29, 0.717) is 13.0 Å². The largest absolute Gasteiger partial charge is 0.496 e. The van der Waals surface area contributed by atoms with Crippen LogP contribution in [0, 0.1) is 6.92 Å². The first-order valence-electron chi connectivity index (χ1n) is 8.10. The highest BCUT2D eigenvalue weighted by atomic mass is 16.5. The molecule has 1 fully saturated rings. The molecule has 1 aliphatic rings. The molecule has 6 heteroatoms. The number of hydrogen-bond acceptors (Lipinski definition) is 4. The van der Waals surface area contributed by atoms with Crippen LogP contribution in [0.25, 0.3) is 0 Å². The van der Waals surface area contributed by atoms with Gasteiger partial charge in [0.25, 0.3) is 0 Å². The molecule has 1 amide bonds. The Morgan fingerprint density at radius 3 is 3.04 bits per heavy atom. The zero-order chi connectivity index (χ0) is 17.1. The minimum absolute atomic E-state index is 0.0179. The Labute approximate surface area is 141 Å². The molecule has 1 aromatic heterocycles. The third-order valence-electron chi connectivity index (χ3n) is 4.39. The smallest absolute Gasteiger partial charge is 0.224 e. The molecular formula is C18H23N3O3. The fourth-order valence-electron chi connectivity index (χ4n) is 3.06. The molecule has 1 N–H and O–H groups in total. The molecule has 0 saturated carbocycles. The fourth-order valence-corrected chi connectivity index (χ4v) is 3.06. The van der Waals surface area contributed by atoms with Crippen molar-refractivity contribution in [3.8, 4) is 5.75 Å². The van der Waals surface area contributed by atoms with Crippen molar-refractivity contribution in [2.24, 2.45) is 7.05 Å². The summed E-state index contributed by atoms with van der Waals surface area (Å²) in [7, 11) is 3.57. The van der Waals surface area contributed by atoms with E-state index in [-0.39, 0.29) is 18.1 Å². The Morgan fingerprint density at radius 1 is 1.50 bits per heavy atom. The summed E-state index contributed by atoms with van der Waals surface area (Å²) in [5.74, 6) is 1.63. The van der Waals surface area contributed by atoms with Gasteiger partial charge in [-0.15, -0.1) is 0 Å². The van der Waals surface area contributed by atoms with Gasteiger partial charge in [-0.1, -0.05) is 12.1 Å². The Hall–Kier alpha value is -2.34. The number of aromatic nitrogens is 2. The van der Waals surface area contributed by atoms with Gasteiger partial charge in [-0.25, -0.2) is 4.98 Å². The number of nitrogens with zero attached hydrogens (tertiary/aromatic N) is 2. The van der Waals surface area contributed by atoms with Crippen LogP contribution in [-0.4, -0.2) is 35.2 Å². The number of imidazole rings is 1. The molecule has 6 nitrogen and oxygen atoms in total. The van der Waals surface area contributed by atoms with Crippen LogP contribution in [0.1, 0.15) is 29.5 Å². The van der Waals surface area contributed by atoms with E-state index in [0.717, 1.165) is 29.1 Å². The first kappa shape index (κ1) is 16.5. The Kier molecular flexibility index (Phi) is 4.85. The molecule has 0 unspecified atom stereocenters. The Bertz CT molecular complexity index is 726. The minimum Gasteiger partial charge on any atom is -0.496 e. The third-order valence-corrected chi connectivity index (χ3v) is 4.39. The second-order valence-electron chi connectivity index (χ2n) is 6.13. The number of rotatable bonds is 5.